The Hall–Kier alpha value is -3.16. The van der Waals surface area contributed by atoms with E-state index in [0.29, 0.717) is 16.9 Å². The molecule has 2 aromatic carbocycles. The second kappa shape index (κ2) is 10.4. The minimum absolute atomic E-state index is 0.0232. The van der Waals surface area contributed by atoms with Gasteiger partial charge in [-0.25, -0.2) is 4.79 Å². The smallest absolute Gasteiger partial charge is 0.354 e. The van der Waals surface area contributed by atoms with E-state index < -0.39 is 11.9 Å². The second-order valence-corrected chi connectivity index (χ2v) is 8.99. The number of hydrogen-bond acceptors (Lipinski definition) is 5. The molecule has 0 aliphatic carbocycles. The van der Waals surface area contributed by atoms with Gasteiger partial charge in [0, 0.05) is 34.1 Å². The Balaban J connectivity index is 2.06. The van der Waals surface area contributed by atoms with E-state index in [9.17, 15) is 14.4 Å². The number of amides is 1. The van der Waals surface area contributed by atoms with Gasteiger partial charge in [-0.1, -0.05) is 25.4 Å². The average Bonchev–Trinajstić information content (AvgIpc) is 3.18. The summed E-state index contributed by atoms with van der Waals surface area (Å²) in [5.74, 6) is -1.11. The molecule has 0 aliphatic heterocycles. The summed E-state index contributed by atoms with van der Waals surface area (Å²) < 4.78 is 7.12. The molecule has 0 atom stereocenters. The number of nitrogens with zero attached hydrogens (tertiary/aromatic N) is 2. The minimum Gasteiger partial charge on any atom is -0.461 e. The average molecular weight is 484 g/mol. The molecule has 180 valence electrons. The molecule has 34 heavy (non-hydrogen) atoms. The maximum Gasteiger partial charge on any atom is 0.354 e. The number of rotatable bonds is 8. The van der Waals surface area contributed by atoms with E-state index in [1.807, 2.05) is 24.5 Å². The molecule has 0 unspecified atom stereocenters. The topological polar surface area (TPSA) is 94.6 Å². The zero-order valence-electron chi connectivity index (χ0n) is 20.1. The molecule has 0 fully saturated rings. The number of nitrogens with two attached hydrogens (primary N) is 1. The molecule has 1 amide bonds. The van der Waals surface area contributed by atoms with Gasteiger partial charge in [0.2, 0.25) is 0 Å². The fourth-order valence-electron chi connectivity index (χ4n) is 3.94. The van der Waals surface area contributed by atoms with Crippen molar-refractivity contribution >= 4 is 45.9 Å². The minimum atomic E-state index is -0.417. The number of ketones is 1. The molecule has 0 aliphatic rings. The summed E-state index contributed by atoms with van der Waals surface area (Å²) in [5.41, 5.74) is 8.42. The highest BCUT2D eigenvalue weighted by Crippen LogP contribution is 2.30. The Morgan fingerprint density at radius 1 is 1.06 bits per heavy atom. The molecule has 3 aromatic rings. The molecule has 0 bridgehead atoms. The molecular formula is C26H30ClN3O4. The van der Waals surface area contributed by atoms with Crippen LogP contribution >= 0.6 is 11.6 Å². The van der Waals surface area contributed by atoms with Gasteiger partial charge in [-0.3, -0.25) is 14.5 Å². The third kappa shape index (κ3) is 4.86. The lowest BCUT2D eigenvalue weighted by Crippen LogP contribution is -2.36. The number of aromatic nitrogens is 1. The van der Waals surface area contributed by atoms with Crippen LogP contribution in [0.4, 0.5) is 5.69 Å². The standard InChI is InChI=1S/C26H30ClN3O4/c1-6-34-26(33)23-13-18-11-19(8-10-22(18)30(23)16(4)5)29(14-28)25(32)20-12-17(7-9-21(20)27)24(31)15(2)3/h7-13,15-16H,6,14,28H2,1-5H3. The van der Waals surface area contributed by atoms with Gasteiger partial charge >= 0.3 is 5.97 Å². The summed E-state index contributed by atoms with van der Waals surface area (Å²) >= 11 is 6.33. The highest BCUT2D eigenvalue weighted by Gasteiger charge is 2.24. The molecule has 1 heterocycles. The van der Waals surface area contributed by atoms with E-state index in [-0.39, 0.29) is 41.6 Å². The van der Waals surface area contributed by atoms with Crippen molar-refractivity contribution in [3.63, 3.8) is 0 Å². The molecule has 0 spiro atoms. The number of Topliss-reactive ketones (excluding diaryl/α,β-unsaturated/α-hetero) is 1. The number of esters is 1. The predicted molar refractivity (Wildman–Crippen MR) is 135 cm³/mol. The lowest BCUT2D eigenvalue weighted by Gasteiger charge is -2.22. The number of benzene rings is 2. The van der Waals surface area contributed by atoms with Gasteiger partial charge in [0.25, 0.3) is 5.91 Å². The van der Waals surface area contributed by atoms with Gasteiger partial charge < -0.3 is 15.0 Å². The van der Waals surface area contributed by atoms with Crippen LogP contribution in [0.15, 0.2) is 42.5 Å². The molecule has 0 saturated heterocycles. The fraction of sp³-hybridized carbons (Fsp3) is 0.346. The van der Waals surface area contributed by atoms with E-state index in [1.54, 1.807) is 51.1 Å². The van der Waals surface area contributed by atoms with E-state index in [4.69, 9.17) is 22.1 Å². The van der Waals surface area contributed by atoms with Crippen LogP contribution in [0.3, 0.4) is 0 Å². The number of anilines is 1. The van der Waals surface area contributed by atoms with Crippen LogP contribution in [-0.4, -0.2) is 35.5 Å². The fourth-order valence-corrected chi connectivity index (χ4v) is 4.14. The maximum atomic E-state index is 13.4. The maximum absolute atomic E-state index is 13.4. The Bertz CT molecular complexity index is 1250. The number of hydrogen-bond donors (Lipinski definition) is 1. The van der Waals surface area contributed by atoms with Crippen LogP contribution in [0.1, 0.15) is 71.9 Å². The Labute approximate surface area is 204 Å². The predicted octanol–water partition coefficient (Wildman–Crippen LogP) is 5.45. The first-order chi connectivity index (χ1) is 16.1. The third-order valence-electron chi connectivity index (χ3n) is 5.57. The van der Waals surface area contributed by atoms with Crippen LogP contribution in [0, 0.1) is 5.92 Å². The zero-order chi connectivity index (χ0) is 25.2. The van der Waals surface area contributed by atoms with Crippen molar-refractivity contribution in [3.05, 3.63) is 64.3 Å². The van der Waals surface area contributed by atoms with Gasteiger partial charge in [-0.05, 0) is 63.2 Å². The first kappa shape index (κ1) is 25.5. The quantitative estimate of drug-likeness (QED) is 0.261. The SMILES string of the molecule is CCOC(=O)c1cc2cc(N(CN)C(=O)c3cc(C(=O)C(C)C)ccc3Cl)ccc2n1C(C)C. The van der Waals surface area contributed by atoms with Gasteiger partial charge in [0.15, 0.2) is 5.78 Å². The highest BCUT2D eigenvalue weighted by molar-refractivity contribution is 6.34. The Morgan fingerprint density at radius 3 is 2.35 bits per heavy atom. The number of ether oxygens (including phenoxy) is 1. The van der Waals surface area contributed by atoms with Crippen molar-refractivity contribution in [3.8, 4) is 0 Å². The summed E-state index contributed by atoms with van der Waals surface area (Å²) in [6.45, 7) is 9.51. The van der Waals surface area contributed by atoms with Gasteiger partial charge in [0.1, 0.15) is 5.69 Å². The van der Waals surface area contributed by atoms with Crippen molar-refractivity contribution in [1.82, 2.24) is 4.57 Å². The molecule has 1 aromatic heterocycles. The number of fused-ring (bicyclic) bond motifs is 1. The summed E-state index contributed by atoms with van der Waals surface area (Å²) in [7, 11) is 0. The Kier molecular flexibility index (Phi) is 7.79. The monoisotopic (exact) mass is 483 g/mol. The number of halogens is 1. The van der Waals surface area contributed by atoms with Crippen molar-refractivity contribution < 1.29 is 19.1 Å². The van der Waals surface area contributed by atoms with E-state index in [1.165, 1.54) is 11.0 Å². The molecule has 3 rings (SSSR count). The van der Waals surface area contributed by atoms with Gasteiger partial charge in [0.05, 0.1) is 23.9 Å². The molecular weight excluding hydrogens is 454 g/mol. The molecule has 0 radical (unpaired) electrons. The first-order valence-corrected chi connectivity index (χ1v) is 11.7. The van der Waals surface area contributed by atoms with Crippen LogP contribution in [0.2, 0.25) is 5.02 Å². The number of carbonyl (C=O) groups excluding carboxylic acids is 3. The summed E-state index contributed by atoms with van der Waals surface area (Å²) in [5, 5.41) is 1.01. The van der Waals surface area contributed by atoms with E-state index in [0.717, 1.165) is 10.9 Å². The molecule has 0 saturated carbocycles. The Morgan fingerprint density at radius 2 is 1.76 bits per heavy atom. The summed E-state index contributed by atoms with van der Waals surface area (Å²) in [6, 6.07) is 11.9. The molecule has 8 heteroatoms. The van der Waals surface area contributed by atoms with Crippen molar-refractivity contribution in [2.45, 2.75) is 40.7 Å². The normalized spacial score (nSPS) is 11.3. The van der Waals surface area contributed by atoms with E-state index >= 15 is 0 Å². The summed E-state index contributed by atoms with van der Waals surface area (Å²) in [6.07, 6.45) is 0. The van der Waals surface area contributed by atoms with Crippen LogP contribution < -0.4 is 10.6 Å². The van der Waals surface area contributed by atoms with Crippen molar-refractivity contribution in [1.29, 1.82) is 0 Å². The number of carbonyl (C=O) groups is 3. The molecule has 7 nitrogen and oxygen atoms in total. The lowest BCUT2D eigenvalue weighted by molar-refractivity contribution is 0.0512. The third-order valence-corrected chi connectivity index (χ3v) is 5.90. The van der Waals surface area contributed by atoms with Crippen LogP contribution in [0.25, 0.3) is 10.9 Å². The van der Waals surface area contributed by atoms with Crippen molar-refractivity contribution in [2.75, 3.05) is 18.2 Å². The van der Waals surface area contributed by atoms with Crippen molar-refractivity contribution in [2.24, 2.45) is 11.7 Å². The van der Waals surface area contributed by atoms with Crippen LogP contribution in [0.5, 0.6) is 0 Å². The zero-order valence-corrected chi connectivity index (χ0v) is 20.8. The second-order valence-electron chi connectivity index (χ2n) is 8.59. The van der Waals surface area contributed by atoms with E-state index in [2.05, 4.69) is 0 Å². The van der Waals surface area contributed by atoms with Gasteiger partial charge in [-0.15, -0.1) is 0 Å². The largest absolute Gasteiger partial charge is 0.461 e. The first-order valence-electron chi connectivity index (χ1n) is 11.3. The molecule has 2 N–H and O–H groups in total. The lowest BCUT2D eigenvalue weighted by atomic mass is 9.99. The summed E-state index contributed by atoms with van der Waals surface area (Å²) in [4.78, 5) is 39.8. The van der Waals surface area contributed by atoms with Gasteiger partial charge in [-0.2, -0.15) is 0 Å². The van der Waals surface area contributed by atoms with Crippen LogP contribution in [-0.2, 0) is 4.74 Å². The highest BCUT2D eigenvalue weighted by atomic mass is 35.5.